The molecule has 0 spiro atoms. The summed E-state index contributed by atoms with van der Waals surface area (Å²) in [6.07, 6.45) is 0.470. The fourth-order valence-electron chi connectivity index (χ4n) is 4.45. The Morgan fingerprint density at radius 2 is 1.93 bits per heavy atom. The maximum atomic E-state index is 10.6. The number of nitrogens with zero attached hydrogens (tertiary/aromatic N) is 2. The van der Waals surface area contributed by atoms with Gasteiger partial charge in [-0.25, -0.2) is 0 Å². The number of hydrogen-bond donors (Lipinski definition) is 1. The fraction of sp³-hybridized carbons (Fsp3) is 0.375. The number of aliphatic hydroxyl groups is 1. The van der Waals surface area contributed by atoms with Crippen LogP contribution >= 0.6 is 0 Å². The van der Waals surface area contributed by atoms with Crippen LogP contribution in [0.1, 0.15) is 22.4 Å². The van der Waals surface area contributed by atoms with Crippen LogP contribution in [0.3, 0.4) is 0 Å². The average Bonchev–Trinajstić information content (AvgIpc) is 3.00. The number of rotatable bonds is 5. The van der Waals surface area contributed by atoms with E-state index in [-0.39, 0.29) is 12.0 Å². The van der Waals surface area contributed by atoms with Gasteiger partial charge in [0.05, 0.1) is 18.7 Å². The SMILES string of the molecule is COc1c(C)cc(C)cc1CN1C[C@@H](Cc2ccc3ccccc3n2)[C@H](O)C1. The van der Waals surface area contributed by atoms with E-state index in [0.29, 0.717) is 6.54 Å². The molecule has 0 aliphatic carbocycles. The van der Waals surface area contributed by atoms with Crippen LogP contribution in [0.15, 0.2) is 48.5 Å². The minimum absolute atomic E-state index is 0.200. The largest absolute Gasteiger partial charge is 0.496 e. The first-order chi connectivity index (χ1) is 13.5. The molecule has 0 unspecified atom stereocenters. The highest BCUT2D eigenvalue weighted by Gasteiger charge is 2.32. The Kier molecular flexibility index (Phi) is 5.33. The van der Waals surface area contributed by atoms with Crippen molar-refractivity contribution in [2.45, 2.75) is 32.9 Å². The number of para-hydroxylation sites is 1. The molecule has 4 heteroatoms. The summed E-state index contributed by atoms with van der Waals surface area (Å²) in [7, 11) is 1.73. The normalized spacial score (nSPS) is 20.0. The number of ether oxygens (including phenoxy) is 1. The van der Waals surface area contributed by atoms with E-state index in [0.717, 1.165) is 47.4 Å². The zero-order valence-electron chi connectivity index (χ0n) is 16.9. The van der Waals surface area contributed by atoms with E-state index in [1.807, 2.05) is 18.2 Å². The van der Waals surface area contributed by atoms with Gasteiger partial charge in [0, 0.05) is 42.2 Å². The van der Waals surface area contributed by atoms with Crippen molar-refractivity contribution in [2.24, 2.45) is 5.92 Å². The summed E-state index contributed by atoms with van der Waals surface area (Å²) in [6.45, 7) is 6.55. The van der Waals surface area contributed by atoms with Gasteiger partial charge in [-0.15, -0.1) is 0 Å². The molecule has 1 N–H and O–H groups in total. The van der Waals surface area contributed by atoms with Crippen molar-refractivity contribution in [3.63, 3.8) is 0 Å². The van der Waals surface area contributed by atoms with Crippen molar-refractivity contribution in [2.75, 3.05) is 20.2 Å². The molecule has 0 radical (unpaired) electrons. The van der Waals surface area contributed by atoms with Gasteiger partial charge in [-0.05, 0) is 38.0 Å². The highest BCUT2D eigenvalue weighted by Crippen LogP contribution is 2.29. The first-order valence-corrected chi connectivity index (χ1v) is 9.92. The van der Waals surface area contributed by atoms with E-state index >= 15 is 0 Å². The minimum atomic E-state index is -0.329. The van der Waals surface area contributed by atoms with Gasteiger partial charge in [0.15, 0.2) is 0 Å². The van der Waals surface area contributed by atoms with Gasteiger partial charge in [0.1, 0.15) is 5.75 Å². The Labute approximate surface area is 166 Å². The van der Waals surface area contributed by atoms with E-state index in [9.17, 15) is 5.11 Å². The number of fused-ring (bicyclic) bond motifs is 1. The molecule has 1 aliphatic heterocycles. The Bertz CT molecular complexity index is 986. The van der Waals surface area contributed by atoms with Gasteiger partial charge in [-0.1, -0.05) is 42.0 Å². The number of benzene rings is 2. The standard InChI is InChI=1S/C24H28N2O2/c1-16-10-17(2)24(28-3)20(11-16)14-26-13-19(23(27)15-26)12-21-9-8-18-6-4-5-7-22(18)25-21/h4-11,19,23,27H,12-15H2,1-3H3/t19-,23-/m1/s1. The number of pyridine rings is 1. The topological polar surface area (TPSA) is 45.6 Å². The van der Waals surface area contributed by atoms with Crippen molar-refractivity contribution in [3.05, 3.63) is 70.9 Å². The lowest BCUT2D eigenvalue weighted by molar-refractivity contribution is 0.140. The number of β-amino-alcohol motifs (C(OH)–C–C–N with tert-alkyl or cyclic N) is 1. The lowest BCUT2D eigenvalue weighted by Gasteiger charge is -2.19. The highest BCUT2D eigenvalue weighted by atomic mass is 16.5. The summed E-state index contributed by atoms with van der Waals surface area (Å²) in [5.74, 6) is 1.16. The van der Waals surface area contributed by atoms with Crippen LogP contribution in [-0.4, -0.2) is 41.3 Å². The maximum absolute atomic E-state index is 10.6. The summed E-state index contributed by atoms with van der Waals surface area (Å²) in [6, 6.07) is 16.7. The van der Waals surface area contributed by atoms with E-state index in [1.54, 1.807) is 7.11 Å². The molecule has 4 nitrogen and oxygen atoms in total. The van der Waals surface area contributed by atoms with Gasteiger partial charge < -0.3 is 9.84 Å². The summed E-state index contributed by atoms with van der Waals surface area (Å²) in [5, 5.41) is 11.8. The Morgan fingerprint density at radius 1 is 1.11 bits per heavy atom. The molecule has 1 aromatic heterocycles. The van der Waals surface area contributed by atoms with Crippen LogP contribution in [0.25, 0.3) is 10.9 Å². The highest BCUT2D eigenvalue weighted by molar-refractivity contribution is 5.78. The van der Waals surface area contributed by atoms with E-state index < -0.39 is 0 Å². The number of aliphatic hydroxyl groups excluding tert-OH is 1. The predicted octanol–water partition coefficient (Wildman–Crippen LogP) is 3.90. The lowest BCUT2D eigenvalue weighted by Crippen LogP contribution is -2.22. The summed E-state index contributed by atoms with van der Waals surface area (Å²) in [5.41, 5.74) is 5.66. The van der Waals surface area contributed by atoms with Crippen LogP contribution in [0.5, 0.6) is 5.75 Å². The zero-order chi connectivity index (χ0) is 19.7. The second kappa shape index (κ2) is 7.90. The third-order valence-electron chi connectivity index (χ3n) is 5.70. The maximum Gasteiger partial charge on any atom is 0.126 e. The van der Waals surface area contributed by atoms with Gasteiger partial charge in [-0.2, -0.15) is 0 Å². The van der Waals surface area contributed by atoms with Crippen molar-refractivity contribution in [1.82, 2.24) is 9.88 Å². The molecule has 0 bridgehead atoms. The number of aryl methyl sites for hydroxylation is 2. The van der Waals surface area contributed by atoms with Crippen molar-refractivity contribution < 1.29 is 9.84 Å². The van der Waals surface area contributed by atoms with Gasteiger partial charge in [0.2, 0.25) is 0 Å². The first kappa shape index (κ1) is 18.9. The van der Waals surface area contributed by atoms with Crippen LogP contribution < -0.4 is 4.74 Å². The number of likely N-dealkylation sites (tertiary alicyclic amines) is 1. The second-order valence-electron chi connectivity index (χ2n) is 8.00. The van der Waals surface area contributed by atoms with Crippen molar-refractivity contribution in [1.29, 1.82) is 0 Å². The Morgan fingerprint density at radius 3 is 2.75 bits per heavy atom. The average molecular weight is 377 g/mol. The minimum Gasteiger partial charge on any atom is -0.496 e. The fourth-order valence-corrected chi connectivity index (χ4v) is 4.45. The molecule has 28 heavy (non-hydrogen) atoms. The van der Waals surface area contributed by atoms with Crippen molar-refractivity contribution in [3.8, 4) is 5.75 Å². The smallest absolute Gasteiger partial charge is 0.126 e. The lowest BCUT2D eigenvalue weighted by atomic mass is 9.99. The summed E-state index contributed by atoms with van der Waals surface area (Å²) >= 11 is 0. The number of methoxy groups -OCH3 is 1. The molecule has 3 aromatic rings. The molecular formula is C24H28N2O2. The van der Waals surface area contributed by atoms with Crippen LogP contribution in [0.2, 0.25) is 0 Å². The zero-order valence-corrected chi connectivity index (χ0v) is 16.9. The quantitative estimate of drug-likeness (QED) is 0.734. The predicted molar refractivity (Wildman–Crippen MR) is 113 cm³/mol. The Hall–Kier alpha value is -2.43. The second-order valence-corrected chi connectivity index (χ2v) is 8.00. The molecule has 2 heterocycles. The molecule has 0 amide bonds. The molecule has 146 valence electrons. The molecule has 1 fully saturated rings. The molecule has 0 saturated carbocycles. The molecular weight excluding hydrogens is 348 g/mol. The van der Waals surface area contributed by atoms with Crippen LogP contribution in [-0.2, 0) is 13.0 Å². The van der Waals surface area contributed by atoms with Gasteiger partial charge in [-0.3, -0.25) is 9.88 Å². The van der Waals surface area contributed by atoms with Gasteiger partial charge in [0.25, 0.3) is 0 Å². The summed E-state index contributed by atoms with van der Waals surface area (Å²) in [4.78, 5) is 7.11. The summed E-state index contributed by atoms with van der Waals surface area (Å²) < 4.78 is 5.63. The number of aromatic nitrogens is 1. The van der Waals surface area contributed by atoms with E-state index in [4.69, 9.17) is 9.72 Å². The molecule has 4 rings (SSSR count). The van der Waals surface area contributed by atoms with Crippen LogP contribution in [0.4, 0.5) is 0 Å². The molecule has 1 aliphatic rings. The van der Waals surface area contributed by atoms with E-state index in [2.05, 4.69) is 49.1 Å². The third-order valence-corrected chi connectivity index (χ3v) is 5.70. The molecule has 1 saturated heterocycles. The van der Waals surface area contributed by atoms with E-state index in [1.165, 1.54) is 11.1 Å². The van der Waals surface area contributed by atoms with Gasteiger partial charge >= 0.3 is 0 Å². The first-order valence-electron chi connectivity index (χ1n) is 9.92. The third kappa shape index (κ3) is 3.89. The van der Waals surface area contributed by atoms with Crippen molar-refractivity contribution >= 4 is 10.9 Å². The molecule has 2 aromatic carbocycles. The monoisotopic (exact) mass is 376 g/mol. The van der Waals surface area contributed by atoms with Crippen LogP contribution in [0, 0.1) is 19.8 Å². The molecule has 2 atom stereocenters. The number of hydrogen-bond acceptors (Lipinski definition) is 4. The Balaban J connectivity index is 1.47.